The van der Waals surface area contributed by atoms with Gasteiger partial charge in [-0.15, -0.1) is 0 Å². The quantitative estimate of drug-likeness (QED) is 0.520. The fourth-order valence-corrected chi connectivity index (χ4v) is 3.66. The first-order valence-electron chi connectivity index (χ1n) is 10.7. The monoisotopic (exact) mass is 481 g/mol. The van der Waals surface area contributed by atoms with Crippen molar-refractivity contribution < 1.29 is 19.1 Å². The van der Waals surface area contributed by atoms with Crippen LogP contribution in [0.5, 0.6) is 5.75 Å². The maximum absolute atomic E-state index is 12.8. The summed E-state index contributed by atoms with van der Waals surface area (Å²) in [6, 6.07) is 12.6. The second kappa shape index (κ2) is 11.0. The predicted molar refractivity (Wildman–Crippen MR) is 128 cm³/mol. The minimum absolute atomic E-state index is 0.144. The number of morpholine rings is 1. The van der Waals surface area contributed by atoms with Crippen molar-refractivity contribution in [1.82, 2.24) is 19.7 Å². The first-order valence-corrected chi connectivity index (χ1v) is 11.1. The molecule has 10 heteroatoms. The predicted octanol–water partition coefficient (Wildman–Crippen LogP) is 3.20. The summed E-state index contributed by atoms with van der Waals surface area (Å²) >= 11 is 6.02. The van der Waals surface area contributed by atoms with E-state index in [4.69, 9.17) is 21.1 Å². The molecule has 1 N–H and O–H groups in total. The van der Waals surface area contributed by atoms with Gasteiger partial charge in [-0.05, 0) is 48.0 Å². The molecule has 1 fully saturated rings. The van der Waals surface area contributed by atoms with Gasteiger partial charge in [0.15, 0.2) is 0 Å². The highest BCUT2D eigenvalue weighted by Gasteiger charge is 2.23. The van der Waals surface area contributed by atoms with Crippen LogP contribution in [0.4, 0.5) is 5.69 Å². The lowest BCUT2D eigenvalue weighted by Crippen LogP contribution is -2.47. The van der Waals surface area contributed by atoms with Crippen molar-refractivity contribution in [2.45, 2.75) is 13.0 Å². The molecule has 2 amide bonds. The highest BCUT2D eigenvalue weighted by molar-refractivity contribution is 6.31. The number of carbonyl (C=O) groups excluding carboxylic acids is 2. The van der Waals surface area contributed by atoms with Crippen molar-refractivity contribution >= 4 is 35.2 Å². The van der Waals surface area contributed by atoms with Gasteiger partial charge in [0.2, 0.25) is 11.8 Å². The van der Waals surface area contributed by atoms with Crippen molar-refractivity contribution in [3.8, 4) is 11.4 Å². The molecule has 1 saturated heterocycles. The molecule has 0 bridgehead atoms. The van der Waals surface area contributed by atoms with E-state index in [-0.39, 0.29) is 17.9 Å². The number of hydrogen-bond donors (Lipinski definition) is 1. The Morgan fingerprint density at radius 3 is 2.82 bits per heavy atom. The lowest BCUT2D eigenvalue weighted by Gasteiger charge is -2.32. The van der Waals surface area contributed by atoms with Crippen LogP contribution in [0.3, 0.4) is 0 Å². The van der Waals surface area contributed by atoms with Crippen LogP contribution in [-0.4, -0.2) is 63.9 Å². The molecule has 34 heavy (non-hydrogen) atoms. The molecule has 1 aromatic heterocycles. The number of anilines is 1. The van der Waals surface area contributed by atoms with Gasteiger partial charge < -0.3 is 19.7 Å². The van der Waals surface area contributed by atoms with Gasteiger partial charge in [0.05, 0.1) is 18.8 Å². The number of nitrogens with one attached hydrogen (secondary N) is 1. The van der Waals surface area contributed by atoms with Gasteiger partial charge in [0.25, 0.3) is 0 Å². The van der Waals surface area contributed by atoms with Gasteiger partial charge in [-0.2, -0.15) is 5.10 Å². The Kier molecular flexibility index (Phi) is 7.56. The molecule has 2 aromatic carbocycles. The molecule has 1 atom stereocenters. The Morgan fingerprint density at radius 2 is 2.09 bits per heavy atom. The lowest BCUT2D eigenvalue weighted by atomic mass is 10.1. The summed E-state index contributed by atoms with van der Waals surface area (Å²) in [5.74, 6) is 0.338. The van der Waals surface area contributed by atoms with E-state index in [0.29, 0.717) is 48.3 Å². The summed E-state index contributed by atoms with van der Waals surface area (Å²) in [5.41, 5.74) is 2.12. The van der Waals surface area contributed by atoms with E-state index in [0.717, 1.165) is 5.69 Å². The van der Waals surface area contributed by atoms with Gasteiger partial charge in [-0.25, -0.2) is 9.67 Å². The second-order valence-electron chi connectivity index (χ2n) is 7.67. The SMILES string of the molecule is CC(=O)Nc1cc(Cl)ccc1/C=C/C(=O)N1CCOC(COc2ccc(-n3cncn3)cc2)C1. The summed E-state index contributed by atoms with van der Waals surface area (Å²) in [5, 5.41) is 7.31. The number of amides is 2. The van der Waals surface area contributed by atoms with Crippen LogP contribution in [0.15, 0.2) is 61.2 Å². The number of rotatable bonds is 7. The Bertz CT molecular complexity index is 1160. The van der Waals surface area contributed by atoms with E-state index in [1.54, 1.807) is 40.2 Å². The standard InChI is InChI=1S/C24H24ClN5O4/c1-17(31)28-23-12-19(25)4-2-18(23)3-9-24(32)29-10-11-33-22(13-29)14-34-21-7-5-20(6-8-21)30-16-26-15-27-30/h2-9,12,15-16,22H,10-11,13-14H2,1H3,(H,28,31)/b9-3+. The molecule has 176 valence electrons. The van der Waals surface area contributed by atoms with Crippen molar-refractivity contribution in [1.29, 1.82) is 0 Å². The summed E-state index contributed by atoms with van der Waals surface area (Å²) in [6.45, 7) is 3.07. The maximum Gasteiger partial charge on any atom is 0.246 e. The summed E-state index contributed by atoms with van der Waals surface area (Å²) < 4.78 is 13.3. The van der Waals surface area contributed by atoms with Crippen LogP contribution in [0, 0.1) is 0 Å². The molecule has 0 aliphatic carbocycles. The Hall–Kier alpha value is -3.69. The molecule has 2 heterocycles. The van der Waals surface area contributed by atoms with E-state index in [9.17, 15) is 9.59 Å². The van der Waals surface area contributed by atoms with Gasteiger partial charge in [-0.1, -0.05) is 17.7 Å². The van der Waals surface area contributed by atoms with Crippen LogP contribution in [-0.2, 0) is 14.3 Å². The maximum atomic E-state index is 12.8. The fraction of sp³-hybridized carbons (Fsp3) is 0.250. The number of aromatic nitrogens is 3. The third-order valence-electron chi connectivity index (χ3n) is 5.14. The molecule has 0 spiro atoms. The zero-order chi connectivity index (χ0) is 23.9. The molecule has 4 rings (SSSR count). The normalized spacial score (nSPS) is 15.9. The fourth-order valence-electron chi connectivity index (χ4n) is 3.48. The molecule has 1 unspecified atom stereocenters. The van der Waals surface area contributed by atoms with Crippen LogP contribution < -0.4 is 10.1 Å². The number of halogens is 1. The van der Waals surface area contributed by atoms with E-state index < -0.39 is 0 Å². The lowest BCUT2D eigenvalue weighted by molar-refractivity contribution is -0.134. The highest BCUT2D eigenvalue weighted by Crippen LogP contribution is 2.23. The molecule has 0 radical (unpaired) electrons. The third kappa shape index (κ3) is 6.21. The smallest absolute Gasteiger partial charge is 0.246 e. The average Bonchev–Trinajstić information content (AvgIpc) is 3.37. The van der Waals surface area contributed by atoms with E-state index in [1.165, 1.54) is 19.3 Å². The van der Waals surface area contributed by atoms with Crippen molar-refractivity contribution in [3.63, 3.8) is 0 Å². The van der Waals surface area contributed by atoms with Crippen molar-refractivity contribution in [2.24, 2.45) is 0 Å². The average molecular weight is 482 g/mol. The second-order valence-corrected chi connectivity index (χ2v) is 8.10. The van der Waals surface area contributed by atoms with E-state index >= 15 is 0 Å². The zero-order valence-electron chi connectivity index (χ0n) is 18.6. The minimum Gasteiger partial charge on any atom is -0.491 e. The molecule has 1 aliphatic heterocycles. The number of hydrogen-bond acceptors (Lipinski definition) is 6. The number of nitrogens with zero attached hydrogens (tertiary/aromatic N) is 4. The Labute approximate surface area is 201 Å². The summed E-state index contributed by atoms with van der Waals surface area (Å²) in [6.07, 6.45) is 6.01. The molecular formula is C24H24ClN5O4. The van der Waals surface area contributed by atoms with Crippen molar-refractivity contribution in [3.05, 3.63) is 71.8 Å². The molecule has 9 nitrogen and oxygen atoms in total. The summed E-state index contributed by atoms with van der Waals surface area (Å²) in [4.78, 5) is 29.9. The first-order chi connectivity index (χ1) is 16.5. The van der Waals surface area contributed by atoms with Crippen LogP contribution in [0.1, 0.15) is 12.5 Å². The minimum atomic E-state index is -0.244. The molecule has 0 saturated carbocycles. The molecule has 3 aromatic rings. The number of ether oxygens (including phenoxy) is 2. The van der Waals surface area contributed by atoms with E-state index in [1.807, 2.05) is 24.3 Å². The molecule has 1 aliphatic rings. The van der Waals surface area contributed by atoms with Gasteiger partial charge >= 0.3 is 0 Å². The largest absolute Gasteiger partial charge is 0.491 e. The first kappa shape index (κ1) is 23.5. The van der Waals surface area contributed by atoms with E-state index in [2.05, 4.69) is 15.4 Å². The number of benzene rings is 2. The van der Waals surface area contributed by atoms with Crippen LogP contribution in [0.2, 0.25) is 5.02 Å². The number of carbonyl (C=O) groups is 2. The van der Waals surface area contributed by atoms with Gasteiger partial charge in [0.1, 0.15) is 31.1 Å². The topological polar surface area (TPSA) is 98.6 Å². The third-order valence-corrected chi connectivity index (χ3v) is 5.37. The van der Waals surface area contributed by atoms with Crippen LogP contribution >= 0.6 is 11.6 Å². The van der Waals surface area contributed by atoms with Crippen molar-refractivity contribution in [2.75, 3.05) is 31.6 Å². The molecular weight excluding hydrogens is 458 g/mol. The Morgan fingerprint density at radius 1 is 1.26 bits per heavy atom. The van der Waals surface area contributed by atoms with Gasteiger partial charge in [0, 0.05) is 30.3 Å². The zero-order valence-corrected chi connectivity index (χ0v) is 19.3. The highest BCUT2D eigenvalue weighted by atomic mass is 35.5. The van der Waals surface area contributed by atoms with Gasteiger partial charge in [-0.3, -0.25) is 9.59 Å². The van der Waals surface area contributed by atoms with Crippen LogP contribution in [0.25, 0.3) is 11.8 Å². The summed E-state index contributed by atoms with van der Waals surface area (Å²) in [7, 11) is 0. The Balaban J connectivity index is 1.32.